The Labute approximate surface area is 85.5 Å². The van der Waals surface area contributed by atoms with E-state index in [2.05, 4.69) is 10.2 Å². The minimum atomic E-state index is -0.776. The number of anilines is 1. The smallest absolute Gasteiger partial charge is 0.308 e. The number of nitrogens with one attached hydrogen (secondary N) is 1. The molecule has 15 heavy (non-hydrogen) atoms. The summed E-state index contributed by atoms with van der Waals surface area (Å²) in [6.45, 7) is 1.12. The predicted octanol–water partition coefficient (Wildman–Crippen LogP) is -0.319. The molecule has 1 fully saturated rings. The first-order valence-corrected chi connectivity index (χ1v) is 4.70. The summed E-state index contributed by atoms with van der Waals surface area (Å²) in [6, 6.07) is 2.99. The molecule has 1 aliphatic heterocycles. The third kappa shape index (κ3) is 1.98. The van der Waals surface area contributed by atoms with Gasteiger partial charge in [0.1, 0.15) is 5.82 Å². The zero-order chi connectivity index (χ0) is 10.8. The fourth-order valence-corrected chi connectivity index (χ4v) is 1.68. The van der Waals surface area contributed by atoms with Crippen LogP contribution in [0.25, 0.3) is 0 Å². The molecular formula is C9H11N3O3. The van der Waals surface area contributed by atoms with Crippen LogP contribution in [0.1, 0.15) is 6.42 Å². The number of hydrogen-bond donors (Lipinski definition) is 2. The van der Waals surface area contributed by atoms with Crippen LogP contribution in [-0.4, -0.2) is 34.4 Å². The van der Waals surface area contributed by atoms with Crippen molar-refractivity contribution in [3.05, 3.63) is 22.5 Å². The van der Waals surface area contributed by atoms with E-state index in [0.29, 0.717) is 25.3 Å². The molecule has 2 heterocycles. The first-order valence-electron chi connectivity index (χ1n) is 4.70. The van der Waals surface area contributed by atoms with Gasteiger partial charge in [0.2, 0.25) is 0 Å². The van der Waals surface area contributed by atoms with Gasteiger partial charge in [-0.3, -0.25) is 9.59 Å². The van der Waals surface area contributed by atoms with Crippen molar-refractivity contribution >= 4 is 11.8 Å². The van der Waals surface area contributed by atoms with Gasteiger partial charge in [0, 0.05) is 19.2 Å². The van der Waals surface area contributed by atoms with Gasteiger partial charge in [-0.25, -0.2) is 5.10 Å². The van der Waals surface area contributed by atoms with Crippen LogP contribution < -0.4 is 10.5 Å². The van der Waals surface area contributed by atoms with Gasteiger partial charge >= 0.3 is 5.97 Å². The molecule has 0 bridgehead atoms. The number of aromatic amines is 1. The Morgan fingerprint density at radius 2 is 2.40 bits per heavy atom. The minimum absolute atomic E-state index is 0.257. The maximum Gasteiger partial charge on any atom is 0.308 e. The Morgan fingerprint density at radius 1 is 1.60 bits per heavy atom. The van der Waals surface area contributed by atoms with Gasteiger partial charge in [-0.05, 0) is 12.5 Å². The van der Waals surface area contributed by atoms with Crippen molar-refractivity contribution in [3.8, 4) is 0 Å². The normalized spacial score (nSPS) is 20.5. The summed E-state index contributed by atoms with van der Waals surface area (Å²) in [4.78, 5) is 23.4. The molecule has 6 heteroatoms. The highest BCUT2D eigenvalue weighted by molar-refractivity contribution is 5.71. The van der Waals surface area contributed by atoms with Crippen LogP contribution >= 0.6 is 0 Å². The van der Waals surface area contributed by atoms with Crippen molar-refractivity contribution in [1.29, 1.82) is 0 Å². The molecule has 0 aliphatic carbocycles. The first kappa shape index (κ1) is 9.70. The third-order valence-electron chi connectivity index (χ3n) is 2.53. The summed E-state index contributed by atoms with van der Waals surface area (Å²) >= 11 is 0. The number of aliphatic carboxylic acids is 1. The van der Waals surface area contributed by atoms with Crippen LogP contribution in [0.2, 0.25) is 0 Å². The van der Waals surface area contributed by atoms with Gasteiger partial charge in [0.15, 0.2) is 0 Å². The van der Waals surface area contributed by atoms with E-state index in [1.807, 2.05) is 4.90 Å². The van der Waals surface area contributed by atoms with Gasteiger partial charge in [-0.2, -0.15) is 5.10 Å². The number of carboxylic acid groups (broad SMARTS) is 1. The molecule has 1 unspecified atom stereocenters. The SMILES string of the molecule is O=C(O)C1CCN(c2ccc(=O)[nH]n2)C1. The monoisotopic (exact) mass is 209 g/mol. The highest BCUT2D eigenvalue weighted by Gasteiger charge is 2.28. The second-order valence-corrected chi connectivity index (χ2v) is 3.55. The summed E-state index contributed by atoms with van der Waals surface area (Å²) in [6.07, 6.45) is 0.621. The van der Waals surface area contributed by atoms with Crippen molar-refractivity contribution in [2.24, 2.45) is 5.92 Å². The number of carbonyl (C=O) groups is 1. The van der Waals surface area contributed by atoms with Crippen LogP contribution in [0.4, 0.5) is 5.82 Å². The minimum Gasteiger partial charge on any atom is -0.481 e. The molecule has 1 aliphatic rings. The Balaban J connectivity index is 2.11. The van der Waals surface area contributed by atoms with Crippen LogP contribution in [0.15, 0.2) is 16.9 Å². The molecular weight excluding hydrogens is 198 g/mol. The lowest BCUT2D eigenvalue weighted by molar-refractivity contribution is -0.140. The van der Waals surface area contributed by atoms with E-state index in [0.717, 1.165) is 0 Å². The lowest BCUT2D eigenvalue weighted by Crippen LogP contribution is -2.24. The molecule has 1 saturated heterocycles. The number of aromatic nitrogens is 2. The zero-order valence-corrected chi connectivity index (χ0v) is 8.01. The molecule has 2 rings (SSSR count). The van der Waals surface area contributed by atoms with Gasteiger partial charge in [-0.15, -0.1) is 0 Å². The summed E-state index contributed by atoms with van der Waals surface area (Å²) in [5, 5.41) is 15.0. The highest BCUT2D eigenvalue weighted by Crippen LogP contribution is 2.20. The average Bonchev–Trinajstić information content (AvgIpc) is 2.68. The van der Waals surface area contributed by atoms with Crippen LogP contribution in [-0.2, 0) is 4.79 Å². The van der Waals surface area contributed by atoms with Crippen molar-refractivity contribution < 1.29 is 9.90 Å². The zero-order valence-electron chi connectivity index (χ0n) is 8.01. The molecule has 2 N–H and O–H groups in total. The number of rotatable bonds is 2. The molecule has 1 atom stereocenters. The second-order valence-electron chi connectivity index (χ2n) is 3.55. The van der Waals surface area contributed by atoms with Crippen LogP contribution in [0, 0.1) is 5.92 Å². The maximum atomic E-state index is 10.8. The van der Waals surface area contributed by atoms with E-state index in [1.54, 1.807) is 6.07 Å². The average molecular weight is 209 g/mol. The summed E-state index contributed by atoms with van der Waals surface area (Å²) in [5.74, 6) is -0.487. The quantitative estimate of drug-likeness (QED) is 0.697. The van der Waals surface area contributed by atoms with E-state index >= 15 is 0 Å². The topological polar surface area (TPSA) is 86.3 Å². The largest absolute Gasteiger partial charge is 0.481 e. The van der Waals surface area contributed by atoms with Crippen molar-refractivity contribution in [1.82, 2.24) is 10.2 Å². The summed E-state index contributed by atoms with van der Waals surface area (Å²) in [7, 11) is 0. The van der Waals surface area contributed by atoms with Gasteiger partial charge in [0.25, 0.3) is 5.56 Å². The fraction of sp³-hybridized carbons (Fsp3) is 0.444. The first-order chi connectivity index (χ1) is 7.16. The number of carboxylic acids is 1. The second kappa shape index (κ2) is 3.72. The molecule has 1 aromatic rings. The van der Waals surface area contributed by atoms with Crippen LogP contribution in [0.3, 0.4) is 0 Å². The van der Waals surface area contributed by atoms with Gasteiger partial charge < -0.3 is 10.0 Å². The van der Waals surface area contributed by atoms with E-state index in [1.165, 1.54) is 6.07 Å². The Hall–Kier alpha value is -1.85. The molecule has 0 aromatic carbocycles. The van der Waals surface area contributed by atoms with Gasteiger partial charge in [0.05, 0.1) is 5.92 Å². The number of nitrogens with zero attached hydrogens (tertiary/aromatic N) is 2. The Bertz CT molecular complexity index is 408. The third-order valence-corrected chi connectivity index (χ3v) is 2.53. The molecule has 0 saturated carbocycles. The summed E-state index contributed by atoms with van der Waals surface area (Å²) in [5.41, 5.74) is -0.257. The van der Waals surface area contributed by atoms with Crippen molar-refractivity contribution in [2.45, 2.75) is 6.42 Å². The van der Waals surface area contributed by atoms with E-state index < -0.39 is 5.97 Å². The number of hydrogen-bond acceptors (Lipinski definition) is 4. The molecule has 6 nitrogen and oxygen atoms in total. The van der Waals surface area contributed by atoms with E-state index in [9.17, 15) is 9.59 Å². The lowest BCUT2D eigenvalue weighted by Gasteiger charge is -2.15. The van der Waals surface area contributed by atoms with E-state index in [-0.39, 0.29) is 11.5 Å². The lowest BCUT2D eigenvalue weighted by atomic mass is 10.1. The molecule has 1 aromatic heterocycles. The van der Waals surface area contributed by atoms with Gasteiger partial charge in [-0.1, -0.05) is 0 Å². The highest BCUT2D eigenvalue weighted by atomic mass is 16.4. The Kier molecular flexibility index (Phi) is 2.40. The van der Waals surface area contributed by atoms with Crippen molar-refractivity contribution in [2.75, 3.05) is 18.0 Å². The fourth-order valence-electron chi connectivity index (χ4n) is 1.68. The van der Waals surface area contributed by atoms with Crippen LogP contribution in [0.5, 0.6) is 0 Å². The maximum absolute atomic E-state index is 10.8. The summed E-state index contributed by atoms with van der Waals surface area (Å²) < 4.78 is 0. The molecule has 80 valence electrons. The predicted molar refractivity (Wildman–Crippen MR) is 52.8 cm³/mol. The van der Waals surface area contributed by atoms with E-state index in [4.69, 9.17) is 5.11 Å². The Morgan fingerprint density at radius 3 is 2.93 bits per heavy atom. The van der Waals surface area contributed by atoms with Crippen molar-refractivity contribution in [3.63, 3.8) is 0 Å². The number of H-pyrrole nitrogens is 1. The molecule has 0 spiro atoms. The molecule has 0 radical (unpaired) electrons. The molecule has 0 amide bonds. The standard InChI is InChI=1S/C9H11N3O3/c13-8-2-1-7(10-11-8)12-4-3-6(5-12)9(14)15/h1-2,6H,3-5H2,(H,11,13)(H,14,15).